The molecule has 2 amide bonds. The molecule has 0 aromatic heterocycles. The number of halogens is 1. The third kappa shape index (κ3) is 8.83. The van der Waals surface area contributed by atoms with Gasteiger partial charge in [-0.1, -0.05) is 27.2 Å². The van der Waals surface area contributed by atoms with E-state index in [9.17, 15) is 9.59 Å². The van der Waals surface area contributed by atoms with Crippen LogP contribution in [0.3, 0.4) is 0 Å². The second kappa shape index (κ2) is 10.0. The largest absolute Gasteiger partial charge is 0.356 e. The lowest BCUT2D eigenvalue weighted by atomic mass is 9.96. The number of nitrogens with one attached hydrogen (secondary N) is 2. The fraction of sp³-hybridized carbons (Fsp3) is 0.846. The van der Waals surface area contributed by atoms with Crippen molar-refractivity contribution in [3.8, 4) is 0 Å². The van der Waals surface area contributed by atoms with Crippen LogP contribution in [0.5, 0.6) is 0 Å². The van der Waals surface area contributed by atoms with Crippen LogP contribution in [0.15, 0.2) is 0 Å². The Balaban J connectivity index is 0. The summed E-state index contributed by atoms with van der Waals surface area (Å²) in [6.07, 6.45) is 2.26. The number of carbonyl (C=O) groups is 2. The average Bonchev–Trinajstić information content (AvgIpc) is 2.27. The summed E-state index contributed by atoms with van der Waals surface area (Å²) >= 11 is 0. The normalized spacial score (nSPS) is 13.4. The summed E-state index contributed by atoms with van der Waals surface area (Å²) in [6, 6.07) is 0. The molecule has 0 rings (SSSR count). The van der Waals surface area contributed by atoms with Gasteiger partial charge in [0.25, 0.3) is 0 Å². The number of hydrogen-bond acceptors (Lipinski definition) is 3. The van der Waals surface area contributed by atoms with E-state index in [-0.39, 0.29) is 30.1 Å². The molecule has 5 nitrogen and oxygen atoms in total. The second-order valence-corrected chi connectivity index (χ2v) is 5.22. The maximum absolute atomic E-state index is 11.7. The lowest BCUT2D eigenvalue weighted by Crippen LogP contribution is -2.51. The van der Waals surface area contributed by atoms with E-state index >= 15 is 0 Å². The predicted octanol–water partition coefficient (Wildman–Crippen LogP) is 1.20. The highest BCUT2D eigenvalue weighted by molar-refractivity contribution is 5.85. The molecule has 0 aromatic carbocycles. The summed E-state index contributed by atoms with van der Waals surface area (Å²) in [4.78, 5) is 23.0. The molecule has 19 heavy (non-hydrogen) atoms. The van der Waals surface area contributed by atoms with Gasteiger partial charge < -0.3 is 16.4 Å². The van der Waals surface area contributed by atoms with Gasteiger partial charge in [0.1, 0.15) is 0 Å². The van der Waals surface area contributed by atoms with E-state index in [1.165, 1.54) is 0 Å². The highest BCUT2D eigenvalue weighted by Crippen LogP contribution is 2.07. The highest BCUT2D eigenvalue weighted by Gasteiger charge is 2.26. The monoisotopic (exact) mass is 293 g/mol. The van der Waals surface area contributed by atoms with E-state index in [2.05, 4.69) is 10.6 Å². The standard InChI is InChI=1S/C13H27N3O2.ClH/c1-5-7-13(4,14)12(18)16-9-6-8-15-11(17)10(2)3;/h10H,5-9,14H2,1-4H3,(H,15,17)(H,16,18);1H. The Kier molecular flexibility index (Phi) is 10.8. The molecule has 114 valence electrons. The number of rotatable bonds is 8. The van der Waals surface area contributed by atoms with Crippen molar-refractivity contribution in [2.75, 3.05) is 13.1 Å². The van der Waals surface area contributed by atoms with E-state index in [0.29, 0.717) is 25.9 Å². The topological polar surface area (TPSA) is 84.2 Å². The van der Waals surface area contributed by atoms with Crippen LogP contribution in [-0.2, 0) is 9.59 Å². The van der Waals surface area contributed by atoms with Crippen LogP contribution in [0.4, 0.5) is 0 Å². The molecule has 0 aliphatic heterocycles. The smallest absolute Gasteiger partial charge is 0.239 e. The minimum Gasteiger partial charge on any atom is -0.356 e. The van der Waals surface area contributed by atoms with Crippen LogP contribution >= 0.6 is 12.4 Å². The summed E-state index contributed by atoms with van der Waals surface area (Å²) < 4.78 is 0. The van der Waals surface area contributed by atoms with Crippen LogP contribution in [0, 0.1) is 5.92 Å². The Morgan fingerprint density at radius 3 is 2.21 bits per heavy atom. The summed E-state index contributed by atoms with van der Waals surface area (Å²) in [5.41, 5.74) is 5.10. The number of carbonyl (C=O) groups excluding carboxylic acids is 2. The molecule has 0 fully saturated rings. The van der Waals surface area contributed by atoms with E-state index in [1.54, 1.807) is 6.92 Å². The number of nitrogens with two attached hydrogens (primary N) is 1. The first-order valence-corrected chi connectivity index (χ1v) is 6.66. The molecule has 0 radical (unpaired) electrons. The van der Waals surface area contributed by atoms with E-state index < -0.39 is 5.54 Å². The molecule has 1 unspecified atom stereocenters. The van der Waals surface area contributed by atoms with E-state index in [1.807, 2.05) is 20.8 Å². The molecule has 0 heterocycles. The SMILES string of the molecule is CCCC(C)(N)C(=O)NCCCNC(=O)C(C)C.Cl. The first-order chi connectivity index (χ1) is 8.31. The Hall–Kier alpha value is -0.810. The van der Waals surface area contributed by atoms with Gasteiger partial charge in [-0.25, -0.2) is 0 Å². The van der Waals surface area contributed by atoms with Crippen molar-refractivity contribution in [3.63, 3.8) is 0 Å². The van der Waals surface area contributed by atoms with Crippen molar-refractivity contribution in [3.05, 3.63) is 0 Å². The first kappa shape index (κ1) is 20.5. The third-order valence-corrected chi connectivity index (χ3v) is 2.75. The molecule has 6 heteroatoms. The quantitative estimate of drug-likeness (QED) is 0.588. The Bertz CT molecular complexity index is 281. The van der Waals surface area contributed by atoms with Crippen LogP contribution in [-0.4, -0.2) is 30.4 Å². The number of hydrogen-bond donors (Lipinski definition) is 3. The van der Waals surface area contributed by atoms with Crippen molar-refractivity contribution >= 4 is 24.2 Å². The van der Waals surface area contributed by atoms with Gasteiger partial charge in [0, 0.05) is 19.0 Å². The van der Waals surface area contributed by atoms with Crippen molar-refractivity contribution in [2.45, 2.75) is 52.5 Å². The highest BCUT2D eigenvalue weighted by atomic mass is 35.5. The maximum atomic E-state index is 11.7. The first-order valence-electron chi connectivity index (χ1n) is 6.66. The Labute approximate surface area is 122 Å². The zero-order valence-corrected chi connectivity index (χ0v) is 13.2. The zero-order chi connectivity index (χ0) is 14.2. The third-order valence-electron chi connectivity index (χ3n) is 2.75. The molecule has 4 N–H and O–H groups in total. The summed E-state index contributed by atoms with van der Waals surface area (Å²) in [6.45, 7) is 8.55. The van der Waals surface area contributed by atoms with E-state index in [0.717, 1.165) is 6.42 Å². The molecule has 0 aliphatic rings. The van der Waals surface area contributed by atoms with Crippen molar-refractivity contribution in [1.29, 1.82) is 0 Å². The van der Waals surface area contributed by atoms with Crippen LogP contribution in [0.25, 0.3) is 0 Å². The van der Waals surface area contributed by atoms with Gasteiger partial charge in [0.2, 0.25) is 11.8 Å². The van der Waals surface area contributed by atoms with Gasteiger partial charge in [-0.05, 0) is 19.8 Å². The lowest BCUT2D eigenvalue weighted by Gasteiger charge is -2.22. The molecule has 0 saturated heterocycles. The molecule has 0 spiro atoms. The van der Waals surface area contributed by atoms with Gasteiger partial charge in [-0.2, -0.15) is 0 Å². The van der Waals surface area contributed by atoms with Gasteiger partial charge in [-0.15, -0.1) is 12.4 Å². The van der Waals surface area contributed by atoms with Gasteiger partial charge >= 0.3 is 0 Å². The van der Waals surface area contributed by atoms with E-state index in [4.69, 9.17) is 5.73 Å². The zero-order valence-electron chi connectivity index (χ0n) is 12.4. The van der Waals surface area contributed by atoms with Crippen LogP contribution in [0.1, 0.15) is 47.0 Å². The van der Waals surface area contributed by atoms with Crippen molar-refractivity contribution in [1.82, 2.24) is 10.6 Å². The van der Waals surface area contributed by atoms with Gasteiger partial charge in [0.15, 0.2) is 0 Å². The van der Waals surface area contributed by atoms with Gasteiger partial charge in [-0.3, -0.25) is 9.59 Å². The van der Waals surface area contributed by atoms with Crippen LogP contribution in [0.2, 0.25) is 0 Å². The van der Waals surface area contributed by atoms with Gasteiger partial charge in [0.05, 0.1) is 5.54 Å². The predicted molar refractivity (Wildman–Crippen MR) is 80.2 cm³/mol. The summed E-state index contributed by atoms with van der Waals surface area (Å²) in [5, 5.41) is 5.59. The molecular weight excluding hydrogens is 266 g/mol. The molecule has 0 aliphatic carbocycles. The summed E-state index contributed by atoms with van der Waals surface area (Å²) in [7, 11) is 0. The molecule has 1 atom stereocenters. The fourth-order valence-electron chi connectivity index (χ4n) is 1.54. The lowest BCUT2D eigenvalue weighted by molar-refractivity contribution is -0.126. The second-order valence-electron chi connectivity index (χ2n) is 5.22. The number of amides is 2. The van der Waals surface area contributed by atoms with Crippen LogP contribution < -0.4 is 16.4 Å². The average molecular weight is 294 g/mol. The minimum absolute atomic E-state index is 0. The Morgan fingerprint density at radius 2 is 1.74 bits per heavy atom. The van der Waals surface area contributed by atoms with Crippen molar-refractivity contribution < 1.29 is 9.59 Å². The molecular formula is C13H28ClN3O2. The molecule has 0 aromatic rings. The molecule has 0 saturated carbocycles. The maximum Gasteiger partial charge on any atom is 0.239 e. The summed E-state index contributed by atoms with van der Waals surface area (Å²) in [5.74, 6) is -0.0908. The Morgan fingerprint density at radius 1 is 1.21 bits per heavy atom. The molecule has 0 bridgehead atoms. The van der Waals surface area contributed by atoms with Crippen molar-refractivity contribution in [2.24, 2.45) is 11.7 Å². The minimum atomic E-state index is -0.796. The fourth-order valence-corrected chi connectivity index (χ4v) is 1.54.